The highest BCUT2D eigenvalue weighted by atomic mass is 79.9. The Morgan fingerprint density at radius 3 is 2.44 bits per heavy atom. The molecule has 0 aliphatic rings. The number of carbonyl (C=O) groups is 1. The first-order chi connectivity index (χ1) is 16.2. The molecule has 4 aromatic rings. The smallest absolute Gasteiger partial charge is 0.264 e. The molecule has 0 saturated heterocycles. The molecule has 0 aliphatic heterocycles. The zero-order chi connectivity index (χ0) is 24.3. The van der Waals surface area contributed by atoms with Gasteiger partial charge in [-0.1, -0.05) is 46.3 Å². The van der Waals surface area contributed by atoms with Crippen LogP contribution in [0.4, 0.5) is 5.69 Å². The Morgan fingerprint density at radius 1 is 1.03 bits per heavy atom. The summed E-state index contributed by atoms with van der Waals surface area (Å²) in [4.78, 5) is 13.6. The number of carbonyl (C=O) groups excluding carboxylic acids is 1. The van der Waals surface area contributed by atoms with Crippen molar-refractivity contribution in [1.82, 2.24) is 5.32 Å². The zero-order valence-corrected chi connectivity index (χ0v) is 22.1. The Bertz CT molecular complexity index is 1400. The highest BCUT2D eigenvalue weighted by Crippen LogP contribution is 2.31. The van der Waals surface area contributed by atoms with Gasteiger partial charge in [0.2, 0.25) is 0 Å². The lowest BCUT2D eigenvalue weighted by Gasteiger charge is -2.19. The summed E-state index contributed by atoms with van der Waals surface area (Å²) in [5, 5.41) is 3.91. The highest BCUT2D eigenvalue weighted by molar-refractivity contribution is 9.10. The van der Waals surface area contributed by atoms with E-state index in [4.69, 9.17) is 0 Å². The van der Waals surface area contributed by atoms with Crippen molar-refractivity contribution >= 4 is 59.0 Å². The third-order valence-corrected chi connectivity index (χ3v) is 9.09. The minimum Gasteiger partial charge on any atom is -0.349 e. The van der Waals surface area contributed by atoms with E-state index in [9.17, 15) is 13.2 Å². The van der Waals surface area contributed by atoms with Gasteiger partial charge in [0.05, 0.1) is 15.5 Å². The van der Waals surface area contributed by atoms with Gasteiger partial charge in [0.1, 0.15) is 0 Å². The Kier molecular flexibility index (Phi) is 7.40. The van der Waals surface area contributed by atoms with E-state index in [1.807, 2.05) is 37.3 Å². The molecule has 0 fully saturated rings. The van der Waals surface area contributed by atoms with Crippen molar-refractivity contribution in [1.29, 1.82) is 0 Å². The number of amides is 1. The van der Waals surface area contributed by atoms with Gasteiger partial charge >= 0.3 is 0 Å². The number of hydrogen-bond donors (Lipinski definition) is 1. The van der Waals surface area contributed by atoms with E-state index in [0.29, 0.717) is 10.6 Å². The van der Waals surface area contributed by atoms with Crippen LogP contribution in [0.1, 0.15) is 28.6 Å². The lowest BCUT2D eigenvalue weighted by molar-refractivity contribution is 0.0942. The van der Waals surface area contributed by atoms with E-state index in [0.717, 1.165) is 27.4 Å². The molecule has 0 aliphatic carbocycles. The van der Waals surface area contributed by atoms with Crippen LogP contribution in [0.25, 0.3) is 10.1 Å². The van der Waals surface area contributed by atoms with Crippen molar-refractivity contribution in [2.24, 2.45) is 0 Å². The minimum atomic E-state index is -3.70. The van der Waals surface area contributed by atoms with Gasteiger partial charge in [-0.05, 0) is 79.2 Å². The molecule has 1 unspecified atom stereocenters. The third kappa shape index (κ3) is 5.51. The largest absolute Gasteiger partial charge is 0.349 e. The summed E-state index contributed by atoms with van der Waals surface area (Å²) in [5.74, 6) is -0.112. The maximum Gasteiger partial charge on any atom is 0.264 e. The van der Waals surface area contributed by atoms with Crippen LogP contribution in [0.3, 0.4) is 0 Å². The molecule has 0 bridgehead atoms. The molecule has 0 radical (unpaired) electrons. The van der Waals surface area contributed by atoms with Gasteiger partial charge in [-0.25, -0.2) is 8.42 Å². The van der Waals surface area contributed by atoms with Crippen LogP contribution in [0.2, 0.25) is 0 Å². The van der Waals surface area contributed by atoms with Crippen LogP contribution < -0.4 is 9.62 Å². The second kappa shape index (κ2) is 10.3. The van der Waals surface area contributed by atoms with Crippen molar-refractivity contribution in [3.05, 3.63) is 93.8 Å². The maximum absolute atomic E-state index is 13.0. The number of halogens is 1. The van der Waals surface area contributed by atoms with E-state index in [-0.39, 0.29) is 16.8 Å². The summed E-state index contributed by atoms with van der Waals surface area (Å²) in [6.45, 7) is 2.01. The molecule has 3 aromatic carbocycles. The average molecular weight is 558 g/mol. The number of aryl methyl sites for hydroxylation is 1. The van der Waals surface area contributed by atoms with Crippen LogP contribution in [0, 0.1) is 0 Å². The summed E-state index contributed by atoms with van der Waals surface area (Å²) in [5.41, 5.74) is 1.79. The van der Waals surface area contributed by atoms with E-state index in [1.54, 1.807) is 36.4 Å². The molecule has 1 heterocycles. The average Bonchev–Trinajstić information content (AvgIpc) is 3.27. The molecule has 5 nitrogen and oxygen atoms in total. The summed E-state index contributed by atoms with van der Waals surface area (Å²) in [7, 11) is -2.16. The number of thiophene rings is 1. The fourth-order valence-corrected chi connectivity index (χ4v) is 6.03. The van der Waals surface area contributed by atoms with E-state index < -0.39 is 10.0 Å². The highest BCUT2D eigenvalue weighted by Gasteiger charge is 2.22. The monoisotopic (exact) mass is 556 g/mol. The number of nitrogens with one attached hydrogen (secondary N) is 1. The molecule has 1 N–H and O–H groups in total. The number of sulfonamides is 1. The normalized spacial score (nSPS) is 12.4. The van der Waals surface area contributed by atoms with Gasteiger partial charge in [0.15, 0.2) is 0 Å². The standard InChI is InChI=1S/C26H25BrN2O3S2/c1-18(8-9-19-6-4-3-5-7-19)28-26(30)25-17-20-16-22(12-15-24(20)33-25)29(2)34(31,32)23-13-10-21(27)11-14-23/h3-7,10-18H,8-9H2,1-2H3,(H,28,30). The fraction of sp³-hybridized carbons (Fsp3) is 0.192. The predicted octanol–water partition coefficient (Wildman–Crippen LogP) is 6.24. The van der Waals surface area contributed by atoms with Crippen molar-refractivity contribution in [3.63, 3.8) is 0 Å². The predicted molar refractivity (Wildman–Crippen MR) is 143 cm³/mol. The van der Waals surface area contributed by atoms with Crippen molar-refractivity contribution < 1.29 is 13.2 Å². The quantitative estimate of drug-likeness (QED) is 0.279. The number of nitrogens with zero attached hydrogens (tertiary/aromatic N) is 1. The Balaban J connectivity index is 1.47. The van der Waals surface area contributed by atoms with E-state index >= 15 is 0 Å². The maximum atomic E-state index is 13.0. The van der Waals surface area contributed by atoms with Gasteiger partial charge in [0, 0.05) is 22.3 Å². The molecule has 1 amide bonds. The number of hydrogen-bond acceptors (Lipinski definition) is 4. The van der Waals surface area contributed by atoms with Gasteiger partial charge in [-0.15, -0.1) is 11.3 Å². The van der Waals surface area contributed by atoms with Crippen molar-refractivity contribution in [2.45, 2.75) is 30.7 Å². The molecule has 8 heteroatoms. The SMILES string of the molecule is CC(CCc1ccccc1)NC(=O)c1cc2cc(N(C)S(=O)(=O)c3ccc(Br)cc3)ccc2s1. The second-order valence-corrected chi connectivity index (χ2v) is 12.1. The van der Waals surface area contributed by atoms with Gasteiger partial charge in [-0.2, -0.15) is 0 Å². The Morgan fingerprint density at radius 2 is 1.74 bits per heavy atom. The van der Waals surface area contributed by atoms with Crippen molar-refractivity contribution in [2.75, 3.05) is 11.4 Å². The Hall–Kier alpha value is -2.68. The van der Waals surface area contributed by atoms with Crippen molar-refractivity contribution in [3.8, 4) is 0 Å². The number of rotatable bonds is 8. The fourth-order valence-electron chi connectivity index (χ4n) is 3.64. The number of anilines is 1. The first kappa shape index (κ1) is 24.4. The van der Waals surface area contributed by atoms with Crippen LogP contribution >= 0.6 is 27.3 Å². The zero-order valence-electron chi connectivity index (χ0n) is 18.9. The van der Waals surface area contributed by atoms with Gasteiger partial charge < -0.3 is 5.32 Å². The molecule has 1 atom stereocenters. The lowest BCUT2D eigenvalue weighted by Crippen LogP contribution is -2.32. The molecule has 34 heavy (non-hydrogen) atoms. The van der Waals surface area contributed by atoms with Crippen LogP contribution in [0.5, 0.6) is 0 Å². The van der Waals surface area contributed by atoms with Crippen LogP contribution in [-0.4, -0.2) is 27.4 Å². The first-order valence-electron chi connectivity index (χ1n) is 10.9. The molecule has 176 valence electrons. The second-order valence-electron chi connectivity index (χ2n) is 8.16. The molecule has 1 aromatic heterocycles. The molecular formula is C26H25BrN2O3S2. The molecule has 4 rings (SSSR count). The van der Waals surface area contributed by atoms with E-state index in [1.165, 1.54) is 28.3 Å². The number of fused-ring (bicyclic) bond motifs is 1. The summed E-state index contributed by atoms with van der Waals surface area (Å²) in [6.07, 6.45) is 1.75. The minimum absolute atomic E-state index is 0.0377. The summed E-state index contributed by atoms with van der Waals surface area (Å²) in [6, 6.07) is 24.0. The molecule has 0 saturated carbocycles. The summed E-state index contributed by atoms with van der Waals surface area (Å²) < 4.78 is 29.1. The van der Waals surface area contributed by atoms with Crippen LogP contribution in [0.15, 0.2) is 88.2 Å². The topological polar surface area (TPSA) is 66.5 Å². The first-order valence-corrected chi connectivity index (χ1v) is 13.9. The molecule has 0 spiro atoms. The van der Waals surface area contributed by atoms with Gasteiger partial charge in [-0.3, -0.25) is 9.10 Å². The van der Waals surface area contributed by atoms with Crippen LogP contribution in [-0.2, 0) is 16.4 Å². The lowest BCUT2D eigenvalue weighted by atomic mass is 10.1. The third-order valence-electron chi connectivity index (χ3n) is 5.65. The number of benzene rings is 3. The van der Waals surface area contributed by atoms with E-state index in [2.05, 4.69) is 33.4 Å². The summed E-state index contributed by atoms with van der Waals surface area (Å²) >= 11 is 4.73. The van der Waals surface area contributed by atoms with Gasteiger partial charge in [0.25, 0.3) is 15.9 Å². The Labute approximate surface area is 212 Å². The molecular weight excluding hydrogens is 532 g/mol.